The van der Waals surface area contributed by atoms with Crippen molar-refractivity contribution in [2.75, 3.05) is 19.6 Å². The molecule has 2 aliphatic rings. The van der Waals surface area contributed by atoms with E-state index in [1.54, 1.807) is 4.90 Å². The predicted molar refractivity (Wildman–Crippen MR) is 97.2 cm³/mol. The SMILES string of the molecule is C=CC(=O)N1CCCC1C(=O)N1CCc2[nH]c3ccccc3c2CC1. The van der Waals surface area contributed by atoms with Crippen LogP contribution in [0.3, 0.4) is 0 Å². The number of benzene rings is 1. The van der Waals surface area contributed by atoms with Gasteiger partial charge in [0.1, 0.15) is 6.04 Å². The smallest absolute Gasteiger partial charge is 0.246 e. The molecule has 2 amide bonds. The molecule has 0 spiro atoms. The summed E-state index contributed by atoms with van der Waals surface area (Å²) in [7, 11) is 0. The van der Waals surface area contributed by atoms with Gasteiger partial charge in [-0.25, -0.2) is 0 Å². The molecule has 1 aromatic heterocycles. The third kappa shape index (κ3) is 2.73. The van der Waals surface area contributed by atoms with E-state index in [-0.39, 0.29) is 17.9 Å². The lowest BCUT2D eigenvalue weighted by molar-refractivity contribution is -0.141. The molecule has 1 unspecified atom stereocenters. The van der Waals surface area contributed by atoms with Crippen molar-refractivity contribution < 1.29 is 9.59 Å². The maximum absolute atomic E-state index is 13.0. The number of para-hydroxylation sites is 1. The van der Waals surface area contributed by atoms with Gasteiger partial charge in [-0.2, -0.15) is 0 Å². The number of aromatic amines is 1. The first-order valence-corrected chi connectivity index (χ1v) is 8.99. The molecular weight excluding hydrogens is 314 g/mol. The number of nitrogens with zero attached hydrogens (tertiary/aromatic N) is 2. The molecule has 1 saturated heterocycles. The monoisotopic (exact) mass is 337 g/mol. The normalized spacial score (nSPS) is 20.4. The van der Waals surface area contributed by atoms with Crippen LogP contribution in [0.2, 0.25) is 0 Å². The van der Waals surface area contributed by atoms with E-state index in [1.165, 1.54) is 28.2 Å². The molecule has 1 aromatic carbocycles. The zero-order chi connectivity index (χ0) is 17.4. The summed E-state index contributed by atoms with van der Waals surface area (Å²) < 4.78 is 0. The predicted octanol–water partition coefficient (Wildman–Crippen LogP) is 2.27. The molecule has 0 aliphatic carbocycles. The van der Waals surface area contributed by atoms with Gasteiger partial charge in [-0.1, -0.05) is 24.8 Å². The van der Waals surface area contributed by atoms with Crippen LogP contribution < -0.4 is 0 Å². The quantitative estimate of drug-likeness (QED) is 0.855. The van der Waals surface area contributed by atoms with Gasteiger partial charge in [-0.3, -0.25) is 9.59 Å². The Morgan fingerprint density at radius 2 is 1.96 bits per heavy atom. The summed E-state index contributed by atoms with van der Waals surface area (Å²) in [6.45, 7) is 5.62. The van der Waals surface area contributed by atoms with Gasteiger partial charge in [0, 0.05) is 42.7 Å². The Morgan fingerprint density at radius 3 is 2.80 bits per heavy atom. The number of hydrogen-bond donors (Lipinski definition) is 1. The van der Waals surface area contributed by atoms with Crippen LogP contribution >= 0.6 is 0 Å². The second-order valence-corrected chi connectivity index (χ2v) is 6.85. The van der Waals surface area contributed by atoms with E-state index >= 15 is 0 Å². The van der Waals surface area contributed by atoms with Crippen LogP contribution in [0.1, 0.15) is 24.1 Å². The Balaban J connectivity index is 1.52. The molecular formula is C20H23N3O2. The number of hydrogen-bond acceptors (Lipinski definition) is 2. The summed E-state index contributed by atoms with van der Waals surface area (Å²) in [5, 5.41) is 1.26. The number of fused-ring (bicyclic) bond motifs is 3. The number of rotatable bonds is 2. The van der Waals surface area contributed by atoms with E-state index in [2.05, 4.69) is 29.8 Å². The van der Waals surface area contributed by atoms with Crippen LogP contribution in [0.15, 0.2) is 36.9 Å². The number of likely N-dealkylation sites (tertiary alicyclic amines) is 1. The topological polar surface area (TPSA) is 56.4 Å². The van der Waals surface area contributed by atoms with E-state index in [0.717, 1.165) is 25.7 Å². The van der Waals surface area contributed by atoms with E-state index < -0.39 is 0 Å². The van der Waals surface area contributed by atoms with Gasteiger partial charge < -0.3 is 14.8 Å². The van der Waals surface area contributed by atoms with Gasteiger partial charge in [0.2, 0.25) is 11.8 Å². The van der Waals surface area contributed by atoms with E-state index in [4.69, 9.17) is 0 Å². The Hall–Kier alpha value is -2.56. The van der Waals surface area contributed by atoms with Crippen LogP contribution in [-0.4, -0.2) is 52.3 Å². The number of nitrogens with one attached hydrogen (secondary N) is 1. The summed E-state index contributed by atoms with van der Waals surface area (Å²) >= 11 is 0. The Bertz CT molecular complexity index is 839. The first kappa shape index (κ1) is 15.9. The summed E-state index contributed by atoms with van der Waals surface area (Å²) in [5.41, 5.74) is 3.74. The van der Waals surface area contributed by atoms with Crippen molar-refractivity contribution in [3.05, 3.63) is 48.2 Å². The van der Waals surface area contributed by atoms with E-state index in [0.29, 0.717) is 19.6 Å². The fourth-order valence-electron chi connectivity index (χ4n) is 4.20. The average molecular weight is 337 g/mol. The number of H-pyrrole nitrogens is 1. The second kappa shape index (κ2) is 6.39. The molecule has 0 radical (unpaired) electrons. The van der Waals surface area contributed by atoms with Crippen LogP contribution in [0.25, 0.3) is 10.9 Å². The largest absolute Gasteiger partial charge is 0.358 e. The summed E-state index contributed by atoms with van der Waals surface area (Å²) in [5.74, 6) is -0.0518. The van der Waals surface area contributed by atoms with E-state index in [9.17, 15) is 9.59 Å². The molecule has 1 atom stereocenters. The molecule has 2 aromatic rings. The molecule has 1 N–H and O–H groups in total. The minimum atomic E-state index is -0.321. The number of carbonyl (C=O) groups excluding carboxylic acids is 2. The van der Waals surface area contributed by atoms with Crippen molar-refractivity contribution >= 4 is 22.7 Å². The third-order valence-electron chi connectivity index (χ3n) is 5.47. The second-order valence-electron chi connectivity index (χ2n) is 6.85. The highest BCUT2D eigenvalue weighted by molar-refractivity contribution is 5.93. The first-order chi connectivity index (χ1) is 12.2. The van der Waals surface area contributed by atoms with Crippen molar-refractivity contribution in [2.45, 2.75) is 31.7 Å². The van der Waals surface area contributed by atoms with Crippen LogP contribution in [0, 0.1) is 0 Å². The Kier molecular flexibility index (Phi) is 4.07. The lowest BCUT2D eigenvalue weighted by Gasteiger charge is -2.29. The maximum Gasteiger partial charge on any atom is 0.246 e. The standard InChI is InChI=1S/C20H23N3O2/c1-2-19(24)23-11-5-8-18(23)20(25)22-12-9-15-14-6-3-4-7-16(14)21-17(15)10-13-22/h2-4,6-7,18,21H,1,5,8-13H2. The molecule has 130 valence electrons. The number of amides is 2. The van der Waals surface area contributed by atoms with Crippen molar-refractivity contribution in [1.29, 1.82) is 0 Å². The summed E-state index contributed by atoms with van der Waals surface area (Å²) in [4.78, 5) is 32.1. The molecule has 5 heteroatoms. The molecule has 3 heterocycles. The van der Waals surface area contributed by atoms with Crippen molar-refractivity contribution in [3.8, 4) is 0 Å². The zero-order valence-corrected chi connectivity index (χ0v) is 14.3. The van der Waals surface area contributed by atoms with Crippen molar-refractivity contribution in [3.63, 3.8) is 0 Å². The number of carbonyl (C=O) groups is 2. The summed E-state index contributed by atoms with van der Waals surface area (Å²) in [6, 6.07) is 8.02. The van der Waals surface area contributed by atoms with Crippen molar-refractivity contribution in [2.24, 2.45) is 0 Å². The molecule has 5 nitrogen and oxygen atoms in total. The van der Waals surface area contributed by atoms with Crippen LogP contribution in [0.4, 0.5) is 0 Å². The molecule has 4 rings (SSSR count). The van der Waals surface area contributed by atoms with Crippen LogP contribution in [-0.2, 0) is 22.4 Å². The van der Waals surface area contributed by atoms with Gasteiger partial charge in [-0.05, 0) is 37.0 Å². The van der Waals surface area contributed by atoms with Crippen molar-refractivity contribution in [1.82, 2.24) is 14.8 Å². The lowest BCUT2D eigenvalue weighted by Crippen LogP contribution is -2.48. The van der Waals surface area contributed by atoms with Gasteiger partial charge >= 0.3 is 0 Å². The summed E-state index contributed by atoms with van der Waals surface area (Å²) in [6.07, 6.45) is 4.63. The highest BCUT2D eigenvalue weighted by atomic mass is 16.2. The fourth-order valence-corrected chi connectivity index (χ4v) is 4.20. The minimum Gasteiger partial charge on any atom is -0.358 e. The first-order valence-electron chi connectivity index (χ1n) is 8.99. The molecule has 2 aliphatic heterocycles. The lowest BCUT2D eigenvalue weighted by atomic mass is 10.1. The molecule has 1 fully saturated rings. The van der Waals surface area contributed by atoms with Gasteiger partial charge in [0.15, 0.2) is 0 Å². The number of aromatic nitrogens is 1. The highest BCUT2D eigenvalue weighted by Crippen LogP contribution is 2.27. The van der Waals surface area contributed by atoms with Crippen LogP contribution in [0.5, 0.6) is 0 Å². The zero-order valence-electron chi connectivity index (χ0n) is 14.3. The van der Waals surface area contributed by atoms with Gasteiger partial charge in [0.25, 0.3) is 0 Å². The Labute approximate surface area is 147 Å². The highest BCUT2D eigenvalue weighted by Gasteiger charge is 2.36. The molecule has 0 saturated carbocycles. The van der Waals surface area contributed by atoms with Gasteiger partial charge in [0.05, 0.1) is 0 Å². The Morgan fingerprint density at radius 1 is 1.16 bits per heavy atom. The maximum atomic E-state index is 13.0. The van der Waals surface area contributed by atoms with Gasteiger partial charge in [-0.15, -0.1) is 0 Å². The molecule has 25 heavy (non-hydrogen) atoms. The fraction of sp³-hybridized carbons (Fsp3) is 0.400. The molecule has 0 bridgehead atoms. The average Bonchev–Trinajstić information content (AvgIpc) is 3.20. The minimum absolute atomic E-state index is 0.0853. The third-order valence-corrected chi connectivity index (χ3v) is 5.47. The van der Waals surface area contributed by atoms with E-state index in [1.807, 2.05) is 11.0 Å².